The minimum atomic E-state index is 0.318. The minimum absolute atomic E-state index is 0.318. The molecule has 0 saturated carbocycles. The van der Waals surface area contributed by atoms with Gasteiger partial charge < -0.3 is 14.0 Å². The van der Waals surface area contributed by atoms with Crippen molar-refractivity contribution in [2.24, 2.45) is 0 Å². The highest BCUT2D eigenvalue weighted by Gasteiger charge is 2.09. The molecule has 2 rings (SSSR count). The molecule has 106 valence electrons. The fourth-order valence-electron chi connectivity index (χ4n) is 2.14. The van der Waals surface area contributed by atoms with Crippen molar-refractivity contribution in [1.29, 1.82) is 5.26 Å². The van der Waals surface area contributed by atoms with Crippen LogP contribution in [0.4, 0.5) is 0 Å². The van der Waals surface area contributed by atoms with Crippen LogP contribution in [0.1, 0.15) is 12.2 Å². The number of nitrogens with zero attached hydrogens (tertiary/aromatic N) is 3. The monoisotopic (exact) mass is 273 g/mol. The zero-order valence-corrected chi connectivity index (χ0v) is 11.7. The maximum absolute atomic E-state index is 8.89. The van der Waals surface area contributed by atoms with Crippen molar-refractivity contribution in [3.63, 3.8) is 0 Å². The number of benzene rings is 1. The fourth-order valence-corrected chi connectivity index (χ4v) is 2.14. The normalized spacial score (nSPS) is 10.8. The Morgan fingerprint density at radius 1 is 1.25 bits per heavy atom. The van der Waals surface area contributed by atoms with Crippen molar-refractivity contribution in [3.8, 4) is 6.07 Å². The lowest BCUT2D eigenvalue weighted by Gasteiger charge is -2.08. The van der Waals surface area contributed by atoms with Crippen LogP contribution in [0.25, 0.3) is 11.0 Å². The topological polar surface area (TPSA) is 60.1 Å². The second-order valence-electron chi connectivity index (χ2n) is 4.46. The van der Waals surface area contributed by atoms with Gasteiger partial charge in [-0.05, 0) is 18.6 Å². The number of para-hydroxylation sites is 2. The number of methoxy groups -OCH3 is 1. The second-order valence-corrected chi connectivity index (χ2v) is 4.46. The Bertz CT molecular complexity index is 586. The van der Waals surface area contributed by atoms with Gasteiger partial charge in [0.2, 0.25) is 0 Å². The molecule has 2 aromatic rings. The van der Waals surface area contributed by atoms with Crippen LogP contribution in [-0.4, -0.2) is 36.5 Å². The van der Waals surface area contributed by atoms with E-state index in [1.165, 1.54) is 0 Å². The molecule has 0 unspecified atom stereocenters. The van der Waals surface area contributed by atoms with E-state index in [0.717, 1.165) is 23.3 Å². The maximum Gasteiger partial charge on any atom is 0.124 e. The lowest BCUT2D eigenvalue weighted by Crippen LogP contribution is -2.10. The van der Waals surface area contributed by atoms with E-state index in [1.54, 1.807) is 7.11 Å². The average molecular weight is 273 g/mol. The molecule has 0 N–H and O–H groups in total. The summed E-state index contributed by atoms with van der Waals surface area (Å²) >= 11 is 0. The van der Waals surface area contributed by atoms with Gasteiger partial charge in [-0.1, -0.05) is 12.1 Å². The van der Waals surface area contributed by atoms with Gasteiger partial charge in [0.05, 0.1) is 30.1 Å². The summed E-state index contributed by atoms with van der Waals surface area (Å²) in [6.07, 6.45) is 1.21. The van der Waals surface area contributed by atoms with Crippen LogP contribution >= 0.6 is 0 Å². The summed E-state index contributed by atoms with van der Waals surface area (Å²) < 4.78 is 12.6. The van der Waals surface area contributed by atoms with Crippen LogP contribution < -0.4 is 0 Å². The molecule has 20 heavy (non-hydrogen) atoms. The van der Waals surface area contributed by atoms with E-state index in [1.807, 2.05) is 24.3 Å². The second kappa shape index (κ2) is 7.63. The summed E-state index contributed by atoms with van der Waals surface area (Å²) in [5.74, 6) is 0.800. The Morgan fingerprint density at radius 3 is 2.90 bits per heavy atom. The van der Waals surface area contributed by atoms with Crippen molar-refractivity contribution < 1.29 is 9.47 Å². The van der Waals surface area contributed by atoms with Gasteiger partial charge in [0.25, 0.3) is 0 Å². The van der Waals surface area contributed by atoms with E-state index in [0.29, 0.717) is 32.8 Å². The third-order valence-corrected chi connectivity index (χ3v) is 3.07. The van der Waals surface area contributed by atoms with E-state index < -0.39 is 0 Å². The highest BCUT2D eigenvalue weighted by atomic mass is 16.5. The molecule has 0 aliphatic carbocycles. The quantitative estimate of drug-likeness (QED) is 0.691. The third-order valence-electron chi connectivity index (χ3n) is 3.07. The predicted octanol–water partition coefficient (Wildman–Crippen LogP) is 2.16. The van der Waals surface area contributed by atoms with Crippen LogP contribution in [0.15, 0.2) is 24.3 Å². The van der Waals surface area contributed by atoms with Crippen molar-refractivity contribution in [2.75, 3.05) is 26.9 Å². The molecule has 1 aromatic carbocycles. The van der Waals surface area contributed by atoms with E-state index in [9.17, 15) is 0 Å². The minimum Gasteiger partial charge on any atom is -0.385 e. The van der Waals surface area contributed by atoms with Crippen LogP contribution in [0.5, 0.6) is 0 Å². The molecule has 0 aliphatic heterocycles. The van der Waals surface area contributed by atoms with Gasteiger partial charge in [-0.2, -0.15) is 5.26 Å². The smallest absolute Gasteiger partial charge is 0.124 e. The van der Waals surface area contributed by atoms with Gasteiger partial charge in [-0.25, -0.2) is 4.98 Å². The summed E-state index contributed by atoms with van der Waals surface area (Å²) in [5, 5.41) is 8.89. The number of aromatic nitrogens is 2. The summed E-state index contributed by atoms with van der Waals surface area (Å²) in [6.45, 7) is 2.73. The summed E-state index contributed by atoms with van der Waals surface area (Å²) in [5.41, 5.74) is 1.98. The predicted molar refractivity (Wildman–Crippen MR) is 76.4 cm³/mol. The summed E-state index contributed by atoms with van der Waals surface area (Å²) in [6, 6.07) is 10.1. The number of rotatable bonds is 8. The van der Waals surface area contributed by atoms with E-state index in [-0.39, 0.29) is 0 Å². The molecule has 1 aromatic heterocycles. The van der Waals surface area contributed by atoms with Crippen molar-refractivity contribution in [2.45, 2.75) is 19.4 Å². The number of hydrogen-bond donors (Lipinski definition) is 0. The number of ether oxygens (including phenoxy) is 2. The largest absolute Gasteiger partial charge is 0.385 e. The van der Waals surface area contributed by atoms with Gasteiger partial charge >= 0.3 is 0 Å². The Balaban J connectivity index is 2.00. The Hall–Kier alpha value is -1.90. The highest BCUT2D eigenvalue weighted by Crippen LogP contribution is 2.16. The van der Waals surface area contributed by atoms with Crippen LogP contribution in [0.2, 0.25) is 0 Å². The molecular weight excluding hydrogens is 254 g/mol. The number of imidazole rings is 1. The SMILES string of the molecule is COCCCOCCn1c(CC#N)nc2ccccc21. The first-order valence-electron chi connectivity index (χ1n) is 6.74. The molecule has 0 spiro atoms. The molecule has 1 heterocycles. The first-order valence-corrected chi connectivity index (χ1v) is 6.74. The molecule has 0 fully saturated rings. The molecule has 0 aliphatic rings. The van der Waals surface area contributed by atoms with Crippen LogP contribution in [0.3, 0.4) is 0 Å². The summed E-state index contributed by atoms with van der Waals surface area (Å²) in [4.78, 5) is 4.50. The maximum atomic E-state index is 8.89. The lowest BCUT2D eigenvalue weighted by atomic mass is 10.3. The zero-order valence-electron chi connectivity index (χ0n) is 11.7. The van der Waals surface area contributed by atoms with E-state index >= 15 is 0 Å². The zero-order chi connectivity index (χ0) is 14.2. The Morgan fingerprint density at radius 2 is 2.10 bits per heavy atom. The molecule has 0 saturated heterocycles. The molecule has 0 radical (unpaired) electrons. The molecule has 0 atom stereocenters. The van der Waals surface area contributed by atoms with Gasteiger partial charge in [0.1, 0.15) is 5.82 Å². The molecular formula is C15H19N3O2. The fraction of sp³-hybridized carbons (Fsp3) is 0.467. The van der Waals surface area contributed by atoms with Gasteiger partial charge in [-0.3, -0.25) is 0 Å². The van der Waals surface area contributed by atoms with Crippen molar-refractivity contribution >= 4 is 11.0 Å². The van der Waals surface area contributed by atoms with E-state index in [4.69, 9.17) is 14.7 Å². The Labute approximate surface area is 118 Å². The Kier molecular flexibility index (Phi) is 5.54. The molecule has 0 amide bonds. The molecule has 0 bridgehead atoms. The van der Waals surface area contributed by atoms with Gasteiger partial charge in [-0.15, -0.1) is 0 Å². The van der Waals surface area contributed by atoms with Crippen LogP contribution in [-0.2, 0) is 22.4 Å². The third kappa shape index (κ3) is 3.56. The number of fused-ring (bicyclic) bond motifs is 1. The standard InChI is InChI=1S/C15H19N3O2/c1-19-10-4-11-20-12-9-18-14-6-3-2-5-13(14)17-15(18)7-8-16/h2-3,5-6H,4,7,9-12H2,1H3. The first-order chi connectivity index (χ1) is 9.86. The van der Waals surface area contributed by atoms with Gasteiger partial charge in [0, 0.05) is 26.9 Å². The van der Waals surface area contributed by atoms with E-state index in [2.05, 4.69) is 15.6 Å². The van der Waals surface area contributed by atoms with Crippen molar-refractivity contribution in [1.82, 2.24) is 9.55 Å². The average Bonchev–Trinajstić information content (AvgIpc) is 2.81. The van der Waals surface area contributed by atoms with Gasteiger partial charge in [0.15, 0.2) is 0 Å². The number of hydrogen-bond acceptors (Lipinski definition) is 4. The van der Waals surface area contributed by atoms with Crippen LogP contribution in [0, 0.1) is 11.3 Å². The summed E-state index contributed by atoms with van der Waals surface area (Å²) in [7, 11) is 1.69. The first kappa shape index (κ1) is 14.5. The van der Waals surface area contributed by atoms with Crippen molar-refractivity contribution in [3.05, 3.63) is 30.1 Å². The highest BCUT2D eigenvalue weighted by molar-refractivity contribution is 5.75. The molecule has 5 nitrogen and oxygen atoms in total. The molecule has 5 heteroatoms. The number of nitriles is 1. The lowest BCUT2D eigenvalue weighted by molar-refractivity contribution is 0.0978.